The van der Waals surface area contributed by atoms with Gasteiger partial charge >= 0.3 is 5.69 Å². The van der Waals surface area contributed by atoms with E-state index in [0.717, 1.165) is 11.5 Å². The number of rotatable bonds is 2. The van der Waals surface area contributed by atoms with Gasteiger partial charge in [0.1, 0.15) is 11.5 Å². The minimum atomic E-state index is -0.119. The Morgan fingerprint density at radius 1 is 1.50 bits per heavy atom. The van der Waals surface area contributed by atoms with Crippen LogP contribution < -0.4 is 5.69 Å². The van der Waals surface area contributed by atoms with Crippen molar-refractivity contribution < 1.29 is 4.42 Å². The molecule has 4 heteroatoms. The van der Waals surface area contributed by atoms with Crippen LogP contribution >= 0.6 is 0 Å². The van der Waals surface area contributed by atoms with E-state index in [2.05, 4.69) is 4.98 Å². The zero-order chi connectivity index (χ0) is 10.1. The Balaban J connectivity index is 2.38. The van der Waals surface area contributed by atoms with Crippen LogP contribution in [0.15, 0.2) is 33.7 Å². The number of hydrogen-bond donors (Lipinski definition) is 1. The summed E-state index contributed by atoms with van der Waals surface area (Å²) in [6, 6.07) is 3.71. The highest BCUT2D eigenvalue weighted by Crippen LogP contribution is 2.18. The monoisotopic (exact) mass is 192 g/mol. The highest BCUT2D eigenvalue weighted by atomic mass is 16.3. The lowest BCUT2D eigenvalue weighted by Crippen LogP contribution is -2.20. The van der Waals surface area contributed by atoms with Gasteiger partial charge in [0.05, 0.1) is 6.04 Å². The van der Waals surface area contributed by atoms with Crippen molar-refractivity contribution in [3.8, 4) is 0 Å². The van der Waals surface area contributed by atoms with Crippen LogP contribution in [0.1, 0.15) is 24.5 Å². The van der Waals surface area contributed by atoms with E-state index in [1.807, 2.05) is 26.0 Å². The molecule has 2 heterocycles. The quantitative estimate of drug-likeness (QED) is 0.787. The third-order valence-corrected chi connectivity index (χ3v) is 2.27. The summed E-state index contributed by atoms with van der Waals surface area (Å²) in [5, 5.41) is 0. The van der Waals surface area contributed by atoms with E-state index in [9.17, 15) is 4.79 Å². The molecular weight excluding hydrogens is 180 g/mol. The number of imidazole rings is 1. The summed E-state index contributed by atoms with van der Waals surface area (Å²) in [5.41, 5.74) is -0.119. The van der Waals surface area contributed by atoms with Crippen LogP contribution in [0.4, 0.5) is 0 Å². The fourth-order valence-electron chi connectivity index (χ4n) is 1.45. The van der Waals surface area contributed by atoms with E-state index in [0.29, 0.717) is 0 Å². The third kappa shape index (κ3) is 1.39. The maximum atomic E-state index is 11.3. The molecule has 0 fully saturated rings. The zero-order valence-corrected chi connectivity index (χ0v) is 8.15. The zero-order valence-electron chi connectivity index (χ0n) is 8.15. The van der Waals surface area contributed by atoms with Gasteiger partial charge in [-0.25, -0.2) is 4.79 Å². The molecule has 0 aromatic carbocycles. The summed E-state index contributed by atoms with van der Waals surface area (Å²) in [6.07, 6.45) is 3.33. The Morgan fingerprint density at radius 3 is 2.79 bits per heavy atom. The van der Waals surface area contributed by atoms with Crippen LogP contribution in [0.5, 0.6) is 0 Å². The number of hydrogen-bond acceptors (Lipinski definition) is 2. The number of aryl methyl sites for hydroxylation is 1. The van der Waals surface area contributed by atoms with Crippen molar-refractivity contribution in [2.45, 2.75) is 19.9 Å². The van der Waals surface area contributed by atoms with E-state index in [4.69, 9.17) is 4.42 Å². The highest BCUT2D eigenvalue weighted by molar-refractivity contribution is 5.10. The topological polar surface area (TPSA) is 50.9 Å². The average Bonchev–Trinajstić information content (AvgIpc) is 2.73. The second-order valence-electron chi connectivity index (χ2n) is 3.30. The van der Waals surface area contributed by atoms with Crippen LogP contribution in [0.2, 0.25) is 0 Å². The molecule has 0 aliphatic carbocycles. The van der Waals surface area contributed by atoms with Gasteiger partial charge < -0.3 is 9.40 Å². The largest absolute Gasteiger partial charge is 0.464 e. The van der Waals surface area contributed by atoms with E-state index < -0.39 is 0 Å². The number of nitrogens with one attached hydrogen (secondary N) is 1. The smallest absolute Gasteiger partial charge is 0.326 e. The lowest BCUT2D eigenvalue weighted by molar-refractivity contribution is 0.424. The average molecular weight is 192 g/mol. The summed E-state index contributed by atoms with van der Waals surface area (Å²) >= 11 is 0. The first-order valence-corrected chi connectivity index (χ1v) is 4.50. The number of H-pyrrole nitrogens is 1. The van der Waals surface area contributed by atoms with Gasteiger partial charge in [0.15, 0.2) is 0 Å². The van der Waals surface area contributed by atoms with Crippen LogP contribution in [-0.4, -0.2) is 9.55 Å². The molecule has 0 aliphatic rings. The van der Waals surface area contributed by atoms with Gasteiger partial charge in [0.25, 0.3) is 0 Å². The molecule has 1 N–H and O–H groups in total. The minimum Gasteiger partial charge on any atom is -0.464 e. The van der Waals surface area contributed by atoms with Crippen molar-refractivity contribution in [1.82, 2.24) is 9.55 Å². The molecule has 0 aliphatic heterocycles. The molecule has 2 rings (SSSR count). The first-order chi connectivity index (χ1) is 6.68. The lowest BCUT2D eigenvalue weighted by atomic mass is 10.2. The Hall–Kier alpha value is -1.71. The van der Waals surface area contributed by atoms with Crippen LogP contribution in [-0.2, 0) is 0 Å². The number of aromatic nitrogens is 2. The highest BCUT2D eigenvalue weighted by Gasteiger charge is 2.12. The lowest BCUT2D eigenvalue weighted by Gasteiger charge is -2.08. The van der Waals surface area contributed by atoms with Gasteiger partial charge in [0, 0.05) is 12.4 Å². The molecule has 0 amide bonds. The predicted molar refractivity (Wildman–Crippen MR) is 52.3 cm³/mol. The van der Waals surface area contributed by atoms with Crippen molar-refractivity contribution >= 4 is 0 Å². The Bertz CT molecular complexity index is 478. The molecule has 2 aromatic rings. The van der Waals surface area contributed by atoms with Crippen molar-refractivity contribution in [3.05, 3.63) is 46.5 Å². The van der Waals surface area contributed by atoms with Gasteiger partial charge in [0.2, 0.25) is 0 Å². The molecule has 0 radical (unpaired) electrons. The van der Waals surface area contributed by atoms with E-state index in [-0.39, 0.29) is 11.7 Å². The summed E-state index contributed by atoms with van der Waals surface area (Å²) in [4.78, 5) is 13.9. The maximum Gasteiger partial charge on any atom is 0.326 e. The van der Waals surface area contributed by atoms with Crippen molar-refractivity contribution in [2.75, 3.05) is 0 Å². The van der Waals surface area contributed by atoms with Crippen LogP contribution in [0.3, 0.4) is 0 Å². The van der Waals surface area contributed by atoms with E-state index in [1.54, 1.807) is 17.0 Å². The molecule has 0 spiro atoms. The second kappa shape index (κ2) is 3.21. The predicted octanol–water partition coefficient (Wildman–Crippen LogP) is 1.69. The molecule has 2 aromatic heterocycles. The SMILES string of the molecule is Cc1ccc(C(C)n2cc[nH]c2=O)o1. The van der Waals surface area contributed by atoms with Crippen LogP contribution in [0, 0.1) is 6.92 Å². The summed E-state index contributed by atoms with van der Waals surface area (Å²) in [6.45, 7) is 3.81. The molecule has 0 saturated heterocycles. The van der Waals surface area contributed by atoms with Gasteiger partial charge in [-0.05, 0) is 26.0 Å². The van der Waals surface area contributed by atoms with Gasteiger partial charge in [-0.2, -0.15) is 0 Å². The van der Waals surface area contributed by atoms with Crippen LogP contribution in [0.25, 0.3) is 0 Å². The molecular formula is C10H12N2O2. The first kappa shape index (κ1) is 8.87. The first-order valence-electron chi connectivity index (χ1n) is 4.50. The molecule has 0 saturated carbocycles. The van der Waals surface area contributed by atoms with E-state index in [1.165, 1.54) is 0 Å². The molecule has 4 nitrogen and oxygen atoms in total. The van der Waals surface area contributed by atoms with Gasteiger partial charge in [-0.1, -0.05) is 0 Å². The second-order valence-corrected chi connectivity index (χ2v) is 3.30. The molecule has 74 valence electrons. The van der Waals surface area contributed by atoms with Gasteiger partial charge in [-0.15, -0.1) is 0 Å². The number of nitrogens with zero attached hydrogens (tertiary/aromatic N) is 1. The Morgan fingerprint density at radius 2 is 2.29 bits per heavy atom. The summed E-state index contributed by atoms with van der Waals surface area (Å²) in [5.74, 6) is 1.65. The molecule has 1 unspecified atom stereocenters. The van der Waals surface area contributed by atoms with Crippen molar-refractivity contribution in [3.63, 3.8) is 0 Å². The third-order valence-electron chi connectivity index (χ3n) is 2.27. The summed E-state index contributed by atoms with van der Waals surface area (Å²) in [7, 11) is 0. The normalized spacial score (nSPS) is 13.0. The molecule has 1 atom stereocenters. The van der Waals surface area contributed by atoms with Crippen molar-refractivity contribution in [1.29, 1.82) is 0 Å². The van der Waals surface area contributed by atoms with E-state index >= 15 is 0 Å². The maximum absolute atomic E-state index is 11.3. The molecule has 0 bridgehead atoms. The fraction of sp³-hybridized carbons (Fsp3) is 0.300. The fourth-order valence-corrected chi connectivity index (χ4v) is 1.45. The Labute approximate surface area is 81.2 Å². The standard InChI is InChI=1S/C10H12N2O2/c1-7-3-4-9(14-7)8(2)12-6-5-11-10(12)13/h3-6,8H,1-2H3,(H,11,13). The molecule has 14 heavy (non-hydrogen) atoms. The number of furan rings is 1. The Kier molecular flexibility index (Phi) is 2.04. The van der Waals surface area contributed by atoms with Crippen molar-refractivity contribution in [2.24, 2.45) is 0 Å². The van der Waals surface area contributed by atoms with Gasteiger partial charge in [-0.3, -0.25) is 4.57 Å². The number of aromatic amines is 1. The summed E-state index contributed by atoms with van der Waals surface area (Å²) < 4.78 is 7.05. The minimum absolute atomic E-state index is 0.0672.